The van der Waals surface area contributed by atoms with Gasteiger partial charge < -0.3 is 9.80 Å². The Kier molecular flexibility index (Phi) is 6.37. The molecule has 2 aromatic carbocycles. The van der Waals surface area contributed by atoms with E-state index in [1.165, 1.54) is 23.5 Å². The zero-order valence-corrected chi connectivity index (χ0v) is 18.6. The molecule has 150 valence electrons. The number of amides is 1. The first kappa shape index (κ1) is 20.2. The normalized spacial score (nSPS) is 14.1. The molecule has 29 heavy (non-hydrogen) atoms. The lowest BCUT2D eigenvalue weighted by Crippen LogP contribution is -2.47. The first-order valence-electron chi connectivity index (χ1n) is 9.02. The Balaban J connectivity index is 1.28. The number of nitrogens with one attached hydrogen (secondary N) is 1. The molecule has 1 saturated heterocycles. The van der Waals surface area contributed by atoms with Crippen LogP contribution in [0.5, 0.6) is 0 Å². The van der Waals surface area contributed by atoms with Gasteiger partial charge in [0, 0.05) is 59.2 Å². The molecule has 0 radical (unpaired) electrons. The van der Waals surface area contributed by atoms with Crippen molar-refractivity contribution in [2.24, 2.45) is 0 Å². The molecular formula is C20H18BrFN4OS2. The molecule has 0 saturated carbocycles. The van der Waals surface area contributed by atoms with Gasteiger partial charge in [-0.25, -0.2) is 9.37 Å². The van der Waals surface area contributed by atoms with Gasteiger partial charge in [0.15, 0.2) is 5.13 Å². The van der Waals surface area contributed by atoms with Gasteiger partial charge in [-0.1, -0.05) is 28.1 Å². The molecule has 1 N–H and O–H groups in total. The van der Waals surface area contributed by atoms with Gasteiger partial charge in [0.2, 0.25) is 0 Å². The van der Waals surface area contributed by atoms with Crippen LogP contribution in [-0.4, -0.2) is 41.3 Å². The summed E-state index contributed by atoms with van der Waals surface area (Å²) in [4.78, 5) is 21.0. The minimum absolute atomic E-state index is 0.0250. The molecule has 1 aromatic heterocycles. The Bertz CT molecular complexity index is 990. The molecule has 0 spiro atoms. The first-order chi connectivity index (χ1) is 14.1. The second-order valence-corrected chi connectivity index (χ2v) is 9.00. The molecule has 3 aromatic rings. The highest BCUT2D eigenvalue weighted by molar-refractivity contribution is 9.10. The summed E-state index contributed by atoms with van der Waals surface area (Å²) in [5.41, 5.74) is 2.88. The van der Waals surface area contributed by atoms with E-state index in [2.05, 4.69) is 30.5 Å². The zero-order valence-electron chi connectivity index (χ0n) is 15.3. The number of hydrogen-bond acceptors (Lipinski definition) is 6. The second-order valence-electron chi connectivity index (χ2n) is 6.47. The van der Waals surface area contributed by atoms with Gasteiger partial charge in [0.25, 0.3) is 0 Å². The summed E-state index contributed by atoms with van der Waals surface area (Å²) in [5, 5.41) is 2.64. The summed E-state index contributed by atoms with van der Waals surface area (Å²) < 4.78 is 17.1. The predicted molar refractivity (Wildman–Crippen MR) is 122 cm³/mol. The lowest BCUT2D eigenvalue weighted by atomic mass is 10.2. The lowest BCUT2D eigenvalue weighted by molar-refractivity contribution is 0.219. The lowest BCUT2D eigenvalue weighted by Gasteiger charge is -2.35. The van der Waals surface area contributed by atoms with Crippen molar-refractivity contribution in [1.29, 1.82) is 0 Å². The zero-order chi connectivity index (χ0) is 20.2. The van der Waals surface area contributed by atoms with Crippen LogP contribution in [0.15, 0.2) is 58.4 Å². The summed E-state index contributed by atoms with van der Waals surface area (Å²) in [5.74, 6) is -0.240. The summed E-state index contributed by atoms with van der Waals surface area (Å²) in [6.07, 6.45) is 0. The molecule has 1 fully saturated rings. The van der Waals surface area contributed by atoms with Gasteiger partial charge >= 0.3 is 5.24 Å². The van der Waals surface area contributed by atoms with Gasteiger partial charge in [-0.15, -0.1) is 11.3 Å². The molecule has 0 atom stereocenters. The second kappa shape index (κ2) is 9.15. The Morgan fingerprint density at radius 3 is 2.62 bits per heavy atom. The van der Waals surface area contributed by atoms with E-state index in [0.29, 0.717) is 18.2 Å². The summed E-state index contributed by atoms with van der Waals surface area (Å²) in [6.45, 7) is 2.71. The smallest absolute Gasteiger partial charge is 0.302 e. The van der Waals surface area contributed by atoms with Crippen molar-refractivity contribution in [2.45, 2.75) is 0 Å². The van der Waals surface area contributed by atoms with Crippen LogP contribution >= 0.6 is 39.2 Å². The van der Waals surface area contributed by atoms with Crippen molar-refractivity contribution in [3.8, 4) is 11.3 Å². The van der Waals surface area contributed by atoms with Gasteiger partial charge in [-0.3, -0.25) is 9.52 Å². The van der Waals surface area contributed by atoms with Crippen LogP contribution < -0.4 is 9.62 Å². The SMILES string of the molecule is O=C(SNc1nc(-c2cccc(Br)c2)cs1)N1CCN(c2ccc(F)cc2)CC1. The third-order valence-corrected chi connectivity index (χ3v) is 6.69. The van der Waals surface area contributed by atoms with Crippen LogP contribution in [0, 0.1) is 5.82 Å². The van der Waals surface area contributed by atoms with E-state index in [4.69, 9.17) is 0 Å². The van der Waals surface area contributed by atoms with Crippen molar-refractivity contribution in [2.75, 3.05) is 35.8 Å². The van der Waals surface area contributed by atoms with Gasteiger partial charge in [-0.2, -0.15) is 0 Å². The molecule has 5 nitrogen and oxygen atoms in total. The van der Waals surface area contributed by atoms with Crippen LogP contribution in [0.25, 0.3) is 11.3 Å². The van der Waals surface area contributed by atoms with E-state index in [0.717, 1.165) is 46.5 Å². The Morgan fingerprint density at radius 1 is 1.14 bits per heavy atom. The largest absolute Gasteiger partial charge is 0.368 e. The van der Waals surface area contributed by atoms with E-state index in [1.807, 2.05) is 34.5 Å². The fourth-order valence-corrected chi connectivity index (χ4v) is 4.86. The molecule has 9 heteroatoms. The highest BCUT2D eigenvalue weighted by Crippen LogP contribution is 2.28. The Morgan fingerprint density at radius 2 is 1.90 bits per heavy atom. The van der Waals surface area contributed by atoms with Gasteiger partial charge in [0.05, 0.1) is 5.69 Å². The quantitative estimate of drug-likeness (QED) is 0.472. The predicted octanol–water partition coefficient (Wildman–Crippen LogP) is 5.71. The van der Waals surface area contributed by atoms with Crippen LogP contribution in [-0.2, 0) is 0 Å². The number of carbonyl (C=O) groups excluding carboxylic acids is 1. The maximum absolute atomic E-state index is 13.1. The van der Waals surface area contributed by atoms with E-state index in [9.17, 15) is 9.18 Å². The number of halogens is 2. The highest BCUT2D eigenvalue weighted by Gasteiger charge is 2.22. The summed E-state index contributed by atoms with van der Waals surface area (Å²) in [7, 11) is 0. The summed E-state index contributed by atoms with van der Waals surface area (Å²) in [6, 6.07) is 14.4. The number of anilines is 2. The fraction of sp³-hybridized carbons (Fsp3) is 0.200. The minimum Gasteiger partial charge on any atom is -0.368 e. The van der Waals surface area contributed by atoms with Crippen LogP contribution in [0.4, 0.5) is 20.0 Å². The summed E-state index contributed by atoms with van der Waals surface area (Å²) >= 11 is 5.99. The van der Waals surface area contributed by atoms with Crippen molar-refractivity contribution in [1.82, 2.24) is 9.88 Å². The van der Waals surface area contributed by atoms with E-state index >= 15 is 0 Å². The molecular weight excluding hydrogens is 475 g/mol. The molecule has 0 aliphatic carbocycles. The van der Waals surface area contributed by atoms with Crippen molar-refractivity contribution in [3.05, 3.63) is 64.2 Å². The molecule has 1 aliphatic heterocycles. The van der Waals surface area contributed by atoms with Crippen LogP contribution in [0.2, 0.25) is 0 Å². The monoisotopic (exact) mass is 492 g/mol. The average molecular weight is 493 g/mol. The van der Waals surface area contributed by atoms with Crippen LogP contribution in [0.3, 0.4) is 0 Å². The number of aromatic nitrogens is 1. The maximum Gasteiger partial charge on any atom is 0.302 e. The van der Waals surface area contributed by atoms with E-state index in [-0.39, 0.29) is 11.1 Å². The molecule has 1 aliphatic rings. The molecule has 4 rings (SSSR count). The molecule has 0 unspecified atom stereocenters. The van der Waals surface area contributed by atoms with Gasteiger partial charge in [0.1, 0.15) is 5.82 Å². The van der Waals surface area contributed by atoms with Crippen molar-refractivity contribution >= 4 is 55.3 Å². The fourth-order valence-electron chi connectivity index (χ4n) is 3.05. The average Bonchev–Trinajstić information content (AvgIpc) is 3.22. The van der Waals surface area contributed by atoms with Crippen molar-refractivity contribution < 1.29 is 9.18 Å². The number of nitrogens with zero attached hydrogens (tertiary/aromatic N) is 3. The Labute approximate surface area is 185 Å². The Hall–Kier alpha value is -2.10. The van der Waals surface area contributed by atoms with Crippen molar-refractivity contribution in [3.63, 3.8) is 0 Å². The minimum atomic E-state index is -0.240. The highest BCUT2D eigenvalue weighted by atomic mass is 79.9. The number of carbonyl (C=O) groups is 1. The maximum atomic E-state index is 13.1. The third kappa shape index (κ3) is 5.09. The number of hydrogen-bond donors (Lipinski definition) is 1. The number of thiazole rings is 1. The number of piperazine rings is 1. The first-order valence-corrected chi connectivity index (χ1v) is 11.5. The number of rotatable bonds is 4. The molecule has 1 amide bonds. The molecule has 0 bridgehead atoms. The van der Waals surface area contributed by atoms with E-state index in [1.54, 1.807) is 12.1 Å². The third-order valence-electron chi connectivity index (χ3n) is 4.58. The topological polar surface area (TPSA) is 48.5 Å². The van der Waals surface area contributed by atoms with E-state index < -0.39 is 0 Å². The standard InChI is InChI=1S/C20H18BrFN4OS2/c21-15-3-1-2-14(12-15)18-13-28-19(23-18)24-29-20(27)26-10-8-25(9-11-26)17-6-4-16(22)5-7-17/h1-7,12-13H,8-11H2,(H,23,24). The molecule has 2 heterocycles. The number of benzene rings is 2. The van der Waals surface area contributed by atoms with Crippen LogP contribution in [0.1, 0.15) is 0 Å². The van der Waals surface area contributed by atoms with Gasteiger partial charge in [-0.05, 0) is 36.4 Å².